The molecule has 0 aliphatic heterocycles. The van der Waals surface area contributed by atoms with Crippen LogP contribution in [0.3, 0.4) is 0 Å². The summed E-state index contributed by atoms with van der Waals surface area (Å²) in [6.45, 7) is 3.79. The number of nitrogens with two attached hydrogens (primary N) is 1. The molecule has 8 nitrogen and oxygen atoms in total. The number of benzene rings is 2. The summed E-state index contributed by atoms with van der Waals surface area (Å²) in [6, 6.07) is 10.5. The fraction of sp³-hybridized carbons (Fsp3) is 0.391. The molecule has 1 amide bonds. The maximum Gasteiger partial charge on any atom is 0.238 e. The van der Waals surface area contributed by atoms with E-state index in [1.165, 1.54) is 24.3 Å². The highest BCUT2D eigenvalue weighted by Crippen LogP contribution is 2.21. The molecular weight excluding hydrogens is 447 g/mol. The summed E-state index contributed by atoms with van der Waals surface area (Å²) in [6.07, 6.45) is 3.12. The molecule has 0 unspecified atom stereocenters. The second-order valence-corrected chi connectivity index (χ2v) is 9.30. The molecule has 0 saturated carbocycles. The number of sulfonamides is 1. The van der Waals surface area contributed by atoms with Crippen LogP contribution < -0.4 is 15.2 Å². The van der Waals surface area contributed by atoms with Crippen LogP contribution in [0.1, 0.15) is 38.4 Å². The van der Waals surface area contributed by atoms with Gasteiger partial charge in [-0.3, -0.25) is 4.79 Å². The summed E-state index contributed by atoms with van der Waals surface area (Å²) in [5.74, 6) is 0.978. The molecular formula is C23H29FN4O4S. The van der Waals surface area contributed by atoms with Crippen LogP contribution in [-0.4, -0.2) is 37.0 Å². The number of imidazole rings is 1. The van der Waals surface area contributed by atoms with Gasteiger partial charge in [0.25, 0.3) is 0 Å². The maximum atomic E-state index is 12.9. The van der Waals surface area contributed by atoms with Crippen LogP contribution in [0.25, 0.3) is 11.0 Å². The van der Waals surface area contributed by atoms with Crippen molar-refractivity contribution >= 4 is 27.0 Å². The first-order valence-electron chi connectivity index (χ1n) is 10.9. The predicted octanol–water partition coefficient (Wildman–Crippen LogP) is 3.14. The number of carbonyl (C=O) groups excluding carboxylic acids is 1. The lowest BCUT2D eigenvalue weighted by Crippen LogP contribution is -2.25. The van der Waals surface area contributed by atoms with Crippen molar-refractivity contribution in [2.75, 3.05) is 13.2 Å². The SMILES string of the molecule is CCCn1c(CCC(=O)NCCCCOc2ccc(F)cc2)nc2cc(S(N)(=O)=O)ccc21. The molecule has 1 heterocycles. The summed E-state index contributed by atoms with van der Waals surface area (Å²) < 4.78 is 43.7. The Labute approximate surface area is 193 Å². The lowest BCUT2D eigenvalue weighted by molar-refractivity contribution is -0.121. The number of amides is 1. The smallest absolute Gasteiger partial charge is 0.238 e. The van der Waals surface area contributed by atoms with Crippen LogP contribution >= 0.6 is 0 Å². The monoisotopic (exact) mass is 476 g/mol. The summed E-state index contributed by atoms with van der Waals surface area (Å²) in [5.41, 5.74) is 1.37. The van der Waals surface area contributed by atoms with Gasteiger partial charge in [-0.15, -0.1) is 0 Å². The van der Waals surface area contributed by atoms with Crippen LogP contribution in [0.2, 0.25) is 0 Å². The first-order valence-corrected chi connectivity index (χ1v) is 12.5. The van der Waals surface area contributed by atoms with Gasteiger partial charge in [-0.1, -0.05) is 6.92 Å². The average molecular weight is 477 g/mol. The number of aromatic nitrogens is 2. The third-order valence-corrected chi connectivity index (χ3v) is 6.04. The molecule has 0 aliphatic rings. The van der Waals surface area contributed by atoms with Gasteiger partial charge in [0.1, 0.15) is 17.4 Å². The molecule has 0 bridgehead atoms. The number of nitrogens with zero attached hydrogens (tertiary/aromatic N) is 2. The molecule has 3 aromatic rings. The van der Waals surface area contributed by atoms with E-state index in [2.05, 4.69) is 10.3 Å². The molecule has 178 valence electrons. The Morgan fingerprint density at radius 1 is 1.18 bits per heavy atom. The quantitative estimate of drug-likeness (QED) is 0.390. The second kappa shape index (κ2) is 11.2. The Morgan fingerprint density at radius 2 is 1.94 bits per heavy atom. The van der Waals surface area contributed by atoms with E-state index >= 15 is 0 Å². The number of hydrogen-bond acceptors (Lipinski definition) is 5. The minimum atomic E-state index is -3.81. The van der Waals surface area contributed by atoms with Crippen LogP contribution in [0.4, 0.5) is 4.39 Å². The number of hydrogen-bond donors (Lipinski definition) is 2. The largest absolute Gasteiger partial charge is 0.494 e. The zero-order chi connectivity index (χ0) is 23.8. The van der Waals surface area contributed by atoms with Crippen LogP contribution in [-0.2, 0) is 27.8 Å². The summed E-state index contributed by atoms with van der Waals surface area (Å²) >= 11 is 0. The second-order valence-electron chi connectivity index (χ2n) is 7.73. The van der Waals surface area contributed by atoms with E-state index in [-0.39, 0.29) is 23.0 Å². The van der Waals surface area contributed by atoms with Crippen molar-refractivity contribution in [2.45, 2.75) is 50.5 Å². The number of aryl methyl sites for hydroxylation is 2. The molecule has 10 heteroatoms. The van der Waals surface area contributed by atoms with Crippen molar-refractivity contribution in [3.8, 4) is 5.75 Å². The van der Waals surface area contributed by atoms with Gasteiger partial charge in [0, 0.05) is 25.9 Å². The number of carbonyl (C=O) groups is 1. The fourth-order valence-corrected chi connectivity index (χ4v) is 4.02. The third kappa shape index (κ3) is 7.00. The molecule has 0 radical (unpaired) electrons. The zero-order valence-corrected chi connectivity index (χ0v) is 19.4. The average Bonchev–Trinajstić information content (AvgIpc) is 3.12. The van der Waals surface area contributed by atoms with Gasteiger partial charge < -0.3 is 14.6 Å². The summed E-state index contributed by atoms with van der Waals surface area (Å²) in [4.78, 5) is 16.8. The maximum absolute atomic E-state index is 12.9. The van der Waals surface area contributed by atoms with Crippen molar-refractivity contribution in [2.24, 2.45) is 5.14 Å². The third-order valence-electron chi connectivity index (χ3n) is 5.13. The lowest BCUT2D eigenvalue weighted by Gasteiger charge is -2.09. The van der Waals surface area contributed by atoms with Gasteiger partial charge in [-0.2, -0.15) is 0 Å². The first-order chi connectivity index (χ1) is 15.8. The molecule has 0 atom stereocenters. The van der Waals surface area contributed by atoms with E-state index < -0.39 is 10.0 Å². The minimum Gasteiger partial charge on any atom is -0.494 e. The molecule has 2 aromatic carbocycles. The van der Waals surface area contributed by atoms with Gasteiger partial charge in [0.05, 0.1) is 22.5 Å². The number of fused-ring (bicyclic) bond motifs is 1. The molecule has 3 N–H and O–H groups in total. The number of ether oxygens (including phenoxy) is 1. The Kier molecular flexibility index (Phi) is 8.40. The van der Waals surface area contributed by atoms with Crippen LogP contribution in [0.15, 0.2) is 47.4 Å². The highest BCUT2D eigenvalue weighted by atomic mass is 32.2. The molecule has 3 rings (SSSR count). The molecule has 0 fully saturated rings. The highest BCUT2D eigenvalue weighted by Gasteiger charge is 2.15. The van der Waals surface area contributed by atoms with Crippen LogP contribution in [0.5, 0.6) is 5.75 Å². The number of halogens is 1. The van der Waals surface area contributed by atoms with E-state index in [1.54, 1.807) is 18.2 Å². The zero-order valence-electron chi connectivity index (χ0n) is 18.6. The predicted molar refractivity (Wildman–Crippen MR) is 124 cm³/mol. The Morgan fingerprint density at radius 3 is 2.64 bits per heavy atom. The van der Waals surface area contributed by atoms with Crippen molar-refractivity contribution in [1.29, 1.82) is 0 Å². The highest BCUT2D eigenvalue weighted by molar-refractivity contribution is 7.89. The number of unbranched alkanes of at least 4 members (excludes halogenated alkanes) is 1. The Balaban J connectivity index is 1.47. The summed E-state index contributed by atoms with van der Waals surface area (Å²) in [7, 11) is -3.81. The summed E-state index contributed by atoms with van der Waals surface area (Å²) in [5, 5.41) is 8.12. The van der Waals surface area contributed by atoms with Gasteiger partial charge in [0.2, 0.25) is 15.9 Å². The fourth-order valence-electron chi connectivity index (χ4n) is 3.49. The molecule has 1 aromatic heterocycles. The van der Waals surface area contributed by atoms with E-state index in [0.717, 1.165) is 37.1 Å². The van der Waals surface area contributed by atoms with E-state index in [0.29, 0.717) is 30.8 Å². The standard InChI is InChI=1S/C23H29FN4O4S/c1-2-14-28-21-10-9-19(33(25,30)31)16-20(21)27-22(28)11-12-23(29)26-13-3-4-15-32-18-7-5-17(24)6-8-18/h5-10,16H,2-4,11-15H2,1H3,(H,26,29)(H2,25,30,31). The number of primary sulfonamides is 1. The number of rotatable bonds is 12. The van der Waals surface area contributed by atoms with E-state index in [4.69, 9.17) is 9.88 Å². The molecule has 33 heavy (non-hydrogen) atoms. The van der Waals surface area contributed by atoms with Gasteiger partial charge in [-0.25, -0.2) is 22.9 Å². The molecule has 0 aliphatic carbocycles. The first kappa shape index (κ1) is 24.7. The van der Waals surface area contributed by atoms with Crippen molar-refractivity contribution < 1.29 is 22.3 Å². The normalized spacial score (nSPS) is 11.6. The van der Waals surface area contributed by atoms with E-state index in [1.807, 2.05) is 11.5 Å². The van der Waals surface area contributed by atoms with Gasteiger partial charge in [0.15, 0.2) is 0 Å². The van der Waals surface area contributed by atoms with Crippen molar-refractivity contribution in [3.63, 3.8) is 0 Å². The van der Waals surface area contributed by atoms with Gasteiger partial charge in [-0.05, 0) is 61.7 Å². The molecule has 0 saturated heterocycles. The minimum absolute atomic E-state index is 0.0175. The Hall–Kier alpha value is -2.98. The van der Waals surface area contributed by atoms with Crippen molar-refractivity contribution in [1.82, 2.24) is 14.9 Å². The van der Waals surface area contributed by atoms with Crippen molar-refractivity contribution in [3.05, 3.63) is 54.1 Å². The van der Waals surface area contributed by atoms with Gasteiger partial charge >= 0.3 is 0 Å². The van der Waals surface area contributed by atoms with E-state index in [9.17, 15) is 17.6 Å². The number of nitrogens with one attached hydrogen (secondary N) is 1. The Bertz CT molecular complexity index is 1190. The van der Waals surface area contributed by atoms with Crippen LogP contribution in [0, 0.1) is 5.82 Å². The molecule has 0 spiro atoms. The topological polar surface area (TPSA) is 116 Å². The lowest BCUT2D eigenvalue weighted by atomic mass is 10.2.